The Labute approximate surface area is 165 Å². The van der Waals surface area contributed by atoms with Gasteiger partial charge in [0.25, 0.3) is 0 Å². The molecule has 4 heterocycles. The Morgan fingerprint density at radius 3 is 2.86 bits per heavy atom. The summed E-state index contributed by atoms with van der Waals surface area (Å²) in [5, 5.41) is 15.0. The number of fused-ring (bicyclic) bond motifs is 1. The average Bonchev–Trinajstić information content (AvgIpc) is 3.48. The van der Waals surface area contributed by atoms with Crippen LogP contribution in [0.5, 0.6) is 0 Å². The van der Waals surface area contributed by atoms with Gasteiger partial charge in [0.2, 0.25) is 0 Å². The van der Waals surface area contributed by atoms with Gasteiger partial charge in [-0.05, 0) is 30.7 Å². The lowest BCUT2D eigenvalue weighted by atomic mass is 9.93. The fourth-order valence-corrected chi connectivity index (χ4v) is 4.17. The molecule has 1 atom stereocenters. The first-order valence-corrected chi connectivity index (χ1v) is 9.72. The lowest BCUT2D eigenvalue weighted by Crippen LogP contribution is -2.24. The van der Waals surface area contributed by atoms with Crippen molar-refractivity contribution >= 4 is 22.4 Å². The van der Waals surface area contributed by atoms with Crippen molar-refractivity contribution < 1.29 is 5.11 Å². The van der Waals surface area contributed by atoms with Crippen LogP contribution in [0.4, 0.5) is 0 Å². The van der Waals surface area contributed by atoms with Crippen LogP contribution in [-0.4, -0.2) is 30.0 Å². The quantitative estimate of drug-likeness (QED) is 0.428. The fourth-order valence-electron chi connectivity index (χ4n) is 3.31. The molecule has 0 aliphatic rings. The van der Waals surface area contributed by atoms with Gasteiger partial charge >= 0.3 is 0 Å². The number of aliphatic hydroxyl groups is 1. The molecule has 0 fully saturated rings. The molecular weight excluding hydrogens is 370 g/mol. The van der Waals surface area contributed by atoms with Crippen LogP contribution in [0.3, 0.4) is 0 Å². The highest BCUT2D eigenvalue weighted by Crippen LogP contribution is 2.34. The van der Waals surface area contributed by atoms with Crippen molar-refractivity contribution in [3.8, 4) is 21.8 Å². The van der Waals surface area contributed by atoms with Gasteiger partial charge in [-0.1, -0.05) is 18.2 Å². The maximum Gasteiger partial charge on any atom is 0.144 e. The maximum atomic E-state index is 11.0. The van der Waals surface area contributed by atoms with Crippen molar-refractivity contribution in [3.05, 3.63) is 78.0 Å². The molecule has 7 heteroatoms. The number of nitrogens with one attached hydrogen (secondary N) is 2. The predicted molar refractivity (Wildman–Crippen MR) is 110 cm³/mol. The monoisotopic (exact) mass is 387 g/mol. The molecule has 3 N–H and O–H groups in total. The number of thiazole rings is 1. The van der Waals surface area contributed by atoms with Crippen LogP contribution in [-0.2, 0) is 5.60 Å². The Kier molecular flexibility index (Phi) is 3.85. The normalized spacial score (nSPS) is 13.6. The second-order valence-electron chi connectivity index (χ2n) is 6.73. The Morgan fingerprint density at radius 1 is 1.07 bits per heavy atom. The minimum Gasteiger partial charge on any atom is -0.377 e. The van der Waals surface area contributed by atoms with Gasteiger partial charge in [-0.15, -0.1) is 11.3 Å². The van der Waals surface area contributed by atoms with Crippen LogP contribution in [0.25, 0.3) is 32.9 Å². The van der Waals surface area contributed by atoms with Crippen molar-refractivity contribution in [1.29, 1.82) is 0 Å². The lowest BCUT2D eigenvalue weighted by Gasteiger charge is -2.21. The van der Waals surface area contributed by atoms with E-state index in [2.05, 4.69) is 19.9 Å². The zero-order chi connectivity index (χ0) is 19.1. The second kappa shape index (κ2) is 6.40. The van der Waals surface area contributed by atoms with Crippen LogP contribution in [0.2, 0.25) is 0 Å². The van der Waals surface area contributed by atoms with Crippen LogP contribution in [0, 0.1) is 0 Å². The van der Waals surface area contributed by atoms with Crippen molar-refractivity contribution in [3.63, 3.8) is 0 Å². The first kappa shape index (κ1) is 16.9. The Morgan fingerprint density at radius 2 is 2.00 bits per heavy atom. The molecule has 0 unspecified atom stereocenters. The average molecular weight is 387 g/mol. The van der Waals surface area contributed by atoms with Crippen molar-refractivity contribution in [2.24, 2.45) is 0 Å². The molecule has 0 bridgehead atoms. The van der Waals surface area contributed by atoms with Gasteiger partial charge in [-0.2, -0.15) is 0 Å². The number of hydrogen-bond donors (Lipinski definition) is 3. The van der Waals surface area contributed by atoms with Gasteiger partial charge in [-0.25, -0.2) is 15.0 Å². The van der Waals surface area contributed by atoms with E-state index in [4.69, 9.17) is 4.98 Å². The van der Waals surface area contributed by atoms with Crippen molar-refractivity contribution in [2.75, 3.05) is 0 Å². The summed E-state index contributed by atoms with van der Waals surface area (Å²) in [6.07, 6.45) is 7.05. The summed E-state index contributed by atoms with van der Waals surface area (Å²) in [5.74, 6) is 0.509. The van der Waals surface area contributed by atoms with Gasteiger partial charge in [0.05, 0.1) is 5.69 Å². The molecule has 1 aromatic carbocycles. The summed E-state index contributed by atoms with van der Waals surface area (Å²) in [7, 11) is 0. The summed E-state index contributed by atoms with van der Waals surface area (Å²) in [6.45, 7) is 1.73. The third-order valence-corrected chi connectivity index (χ3v) is 5.74. The van der Waals surface area contributed by atoms with E-state index in [9.17, 15) is 5.11 Å². The highest BCUT2D eigenvalue weighted by molar-refractivity contribution is 7.13. The minimum absolute atomic E-state index is 0.509. The van der Waals surface area contributed by atoms with Crippen molar-refractivity contribution in [2.45, 2.75) is 12.5 Å². The smallest absolute Gasteiger partial charge is 0.144 e. The first-order chi connectivity index (χ1) is 13.6. The summed E-state index contributed by atoms with van der Waals surface area (Å²) < 4.78 is 0. The number of aromatic nitrogens is 5. The largest absolute Gasteiger partial charge is 0.377 e. The lowest BCUT2D eigenvalue weighted by molar-refractivity contribution is 0.0932. The standard InChI is InChI=1S/C21H17N5OS/c1-21(27,20-23-8-9-24-20)14-5-2-4-13(10-14)17-12-28-19(26-17)16-11-25-18-15(16)6-3-7-22-18/h2-12,27H,1H3,(H,22,25)(H,23,24)/t21-/m1/s1. The molecular formula is C21H17N5OS. The van der Waals surface area contributed by atoms with Gasteiger partial charge in [0.1, 0.15) is 22.1 Å². The number of aromatic amines is 2. The topological polar surface area (TPSA) is 90.5 Å². The molecule has 0 saturated carbocycles. The molecule has 0 amide bonds. The summed E-state index contributed by atoms with van der Waals surface area (Å²) in [4.78, 5) is 19.6. The second-order valence-corrected chi connectivity index (χ2v) is 7.59. The molecule has 0 saturated heterocycles. The third kappa shape index (κ3) is 2.72. The van der Waals surface area contributed by atoms with Crippen LogP contribution in [0.1, 0.15) is 18.3 Å². The van der Waals surface area contributed by atoms with E-state index in [0.29, 0.717) is 5.82 Å². The highest BCUT2D eigenvalue weighted by Gasteiger charge is 2.28. The molecule has 138 valence electrons. The minimum atomic E-state index is -1.21. The molecule has 5 aromatic rings. The van der Waals surface area contributed by atoms with E-state index in [1.54, 1.807) is 36.9 Å². The number of benzene rings is 1. The van der Waals surface area contributed by atoms with Crippen LogP contribution < -0.4 is 0 Å². The zero-order valence-corrected chi connectivity index (χ0v) is 15.9. The maximum absolute atomic E-state index is 11.0. The van der Waals surface area contributed by atoms with Gasteiger partial charge in [0, 0.05) is 46.7 Å². The summed E-state index contributed by atoms with van der Waals surface area (Å²) in [6, 6.07) is 11.7. The zero-order valence-electron chi connectivity index (χ0n) is 15.0. The molecule has 0 spiro atoms. The number of imidazole rings is 1. The summed E-state index contributed by atoms with van der Waals surface area (Å²) >= 11 is 1.59. The molecule has 0 aliphatic carbocycles. The SMILES string of the molecule is C[C@@](O)(c1cccc(-c2csc(-c3c[nH]c4ncccc34)n2)c1)c1ncc[nH]1. The van der Waals surface area contributed by atoms with Crippen LogP contribution >= 0.6 is 11.3 Å². The van der Waals surface area contributed by atoms with E-state index in [0.717, 1.165) is 38.4 Å². The molecule has 28 heavy (non-hydrogen) atoms. The van der Waals surface area contributed by atoms with Crippen molar-refractivity contribution in [1.82, 2.24) is 24.9 Å². The molecule has 6 nitrogen and oxygen atoms in total. The number of pyridine rings is 1. The van der Waals surface area contributed by atoms with E-state index >= 15 is 0 Å². The Hall–Kier alpha value is -3.29. The predicted octanol–water partition coefficient (Wildman–Crippen LogP) is 4.33. The third-order valence-electron chi connectivity index (χ3n) is 4.87. The number of H-pyrrole nitrogens is 2. The summed E-state index contributed by atoms with van der Waals surface area (Å²) in [5.41, 5.74) is 3.26. The van der Waals surface area contributed by atoms with Gasteiger partial charge in [0.15, 0.2) is 0 Å². The highest BCUT2D eigenvalue weighted by atomic mass is 32.1. The van der Waals surface area contributed by atoms with E-state index in [1.807, 2.05) is 48.0 Å². The molecule has 0 radical (unpaired) electrons. The molecule has 5 rings (SSSR count). The van der Waals surface area contributed by atoms with E-state index < -0.39 is 5.60 Å². The molecule has 4 aromatic heterocycles. The Balaban J connectivity index is 1.53. The van der Waals surface area contributed by atoms with Gasteiger partial charge in [-0.3, -0.25) is 0 Å². The molecule has 0 aliphatic heterocycles. The first-order valence-electron chi connectivity index (χ1n) is 8.84. The van der Waals surface area contributed by atoms with Gasteiger partial charge < -0.3 is 15.1 Å². The van der Waals surface area contributed by atoms with E-state index in [-0.39, 0.29) is 0 Å². The fraction of sp³-hybridized carbons (Fsp3) is 0.0952. The number of rotatable bonds is 4. The van der Waals surface area contributed by atoms with E-state index in [1.165, 1.54) is 0 Å². The Bertz CT molecular complexity index is 1250. The number of nitrogens with zero attached hydrogens (tertiary/aromatic N) is 3. The number of hydrogen-bond acceptors (Lipinski definition) is 5. The van der Waals surface area contributed by atoms with Crippen LogP contribution in [0.15, 0.2) is 66.6 Å².